The molecule has 25 heavy (non-hydrogen) atoms. The molecule has 3 rings (SSSR count). The van der Waals surface area contributed by atoms with Gasteiger partial charge in [0.1, 0.15) is 6.61 Å². The minimum absolute atomic E-state index is 0.0660. The van der Waals surface area contributed by atoms with Crippen molar-refractivity contribution in [1.82, 2.24) is 4.90 Å². The van der Waals surface area contributed by atoms with E-state index in [2.05, 4.69) is 4.74 Å². The first-order valence-electron chi connectivity index (χ1n) is 8.72. The van der Waals surface area contributed by atoms with E-state index < -0.39 is 5.97 Å². The lowest BCUT2D eigenvalue weighted by Crippen LogP contribution is -2.35. The highest BCUT2D eigenvalue weighted by Gasteiger charge is 2.39. The van der Waals surface area contributed by atoms with Crippen LogP contribution in [0.4, 0.5) is 0 Å². The van der Waals surface area contributed by atoms with Gasteiger partial charge < -0.3 is 14.4 Å². The summed E-state index contributed by atoms with van der Waals surface area (Å²) in [7, 11) is 1.33. The van der Waals surface area contributed by atoms with Crippen molar-refractivity contribution in [2.75, 3.05) is 13.7 Å². The van der Waals surface area contributed by atoms with E-state index >= 15 is 0 Å². The van der Waals surface area contributed by atoms with E-state index in [0.717, 1.165) is 31.2 Å². The molecule has 1 atom stereocenters. The van der Waals surface area contributed by atoms with Crippen molar-refractivity contribution >= 4 is 17.8 Å². The average molecular weight is 345 g/mol. The number of rotatable bonds is 5. The quantitative estimate of drug-likeness (QED) is 0.766. The van der Waals surface area contributed by atoms with Gasteiger partial charge in [0.2, 0.25) is 5.91 Å². The Kier molecular flexibility index (Phi) is 5.36. The number of nitrogens with zero attached hydrogens (tertiary/aromatic N) is 1. The second kappa shape index (κ2) is 7.68. The smallest absolute Gasteiger partial charge is 0.337 e. The van der Waals surface area contributed by atoms with Gasteiger partial charge in [-0.15, -0.1) is 0 Å². The lowest BCUT2D eigenvalue weighted by atomic mass is 10.1. The number of hydrogen-bond acceptors (Lipinski definition) is 5. The van der Waals surface area contributed by atoms with Gasteiger partial charge in [-0.3, -0.25) is 9.59 Å². The molecule has 1 aromatic carbocycles. The van der Waals surface area contributed by atoms with Crippen molar-refractivity contribution in [3.63, 3.8) is 0 Å². The van der Waals surface area contributed by atoms with E-state index in [4.69, 9.17) is 4.74 Å². The third-order valence-corrected chi connectivity index (χ3v) is 5.01. The number of likely N-dealkylation sites (tertiary alicyclic amines) is 1. The fourth-order valence-electron chi connectivity index (χ4n) is 3.59. The van der Waals surface area contributed by atoms with Crippen LogP contribution in [0, 0.1) is 5.92 Å². The van der Waals surface area contributed by atoms with Gasteiger partial charge in [-0.05, 0) is 30.5 Å². The normalized spacial score (nSPS) is 20.8. The predicted molar refractivity (Wildman–Crippen MR) is 89.7 cm³/mol. The molecule has 0 unspecified atom stereocenters. The third-order valence-electron chi connectivity index (χ3n) is 5.01. The Morgan fingerprint density at radius 2 is 1.84 bits per heavy atom. The summed E-state index contributed by atoms with van der Waals surface area (Å²) in [5.74, 6) is -1.04. The van der Waals surface area contributed by atoms with E-state index in [9.17, 15) is 14.4 Å². The Hall–Kier alpha value is -2.37. The van der Waals surface area contributed by atoms with Crippen LogP contribution in [0.1, 0.15) is 48.0 Å². The minimum Gasteiger partial charge on any atom is -0.465 e. The summed E-state index contributed by atoms with van der Waals surface area (Å²) in [6.07, 6.45) is 4.65. The molecule has 1 heterocycles. The predicted octanol–water partition coefficient (Wildman–Crippen LogP) is 2.31. The van der Waals surface area contributed by atoms with Crippen LogP contribution in [0.2, 0.25) is 0 Å². The van der Waals surface area contributed by atoms with Crippen LogP contribution in [-0.4, -0.2) is 42.4 Å². The fraction of sp³-hybridized carbons (Fsp3) is 0.526. The van der Waals surface area contributed by atoms with Gasteiger partial charge >= 0.3 is 11.9 Å². The lowest BCUT2D eigenvalue weighted by molar-refractivity contribution is -0.149. The molecule has 6 heteroatoms. The largest absolute Gasteiger partial charge is 0.465 e. The van der Waals surface area contributed by atoms with Gasteiger partial charge in [-0.25, -0.2) is 4.79 Å². The lowest BCUT2D eigenvalue weighted by Gasteiger charge is -2.23. The molecule has 134 valence electrons. The zero-order valence-electron chi connectivity index (χ0n) is 14.4. The molecule has 1 saturated carbocycles. The molecular formula is C19H23NO5. The first kappa shape index (κ1) is 17.5. The molecule has 0 N–H and O–H groups in total. The Bertz CT molecular complexity index is 648. The fourth-order valence-corrected chi connectivity index (χ4v) is 3.59. The van der Waals surface area contributed by atoms with Crippen molar-refractivity contribution in [2.24, 2.45) is 5.92 Å². The van der Waals surface area contributed by atoms with Gasteiger partial charge in [-0.2, -0.15) is 0 Å². The maximum absolute atomic E-state index is 12.3. The van der Waals surface area contributed by atoms with Crippen LogP contribution in [0.15, 0.2) is 24.3 Å². The Morgan fingerprint density at radius 3 is 2.48 bits per heavy atom. The second-order valence-electron chi connectivity index (χ2n) is 6.68. The summed E-state index contributed by atoms with van der Waals surface area (Å²) in [6.45, 7) is 0.609. The van der Waals surface area contributed by atoms with E-state index in [1.165, 1.54) is 7.11 Å². The molecule has 0 radical (unpaired) electrons. The van der Waals surface area contributed by atoms with Crippen LogP contribution in [-0.2, 0) is 25.7 Å². The number of carbonyl (C=O) groups is 3. The number of carbonyl (C=O) groups excluding carboxylic acids is 3. The minimum atomic E-state index is -0.403. The van der Waals surface area contributed by atoms with Crippen LogP contribution in [0.5, 0.6) is 0 Å². The third kappa shape index (κ3) is 4.00. The summed E-state index contributed by atoms with van der Waals surface area (Å²) in [4.78, 5) is 37.7. The van der Waals surface area contributed by atoms with Gasteiger partial charge in [0, 0.05) is 19.0 Å². The number of benzene rings is 1. The average Bonchev–Trinajstić information content (AvgIpc) is 3.28. The molecule has 0 aromatic heterocycles. The monoisotopic (exact) mass is 345 g/mol. The summed E-state index contributed by atoms with van der Waals surface area (Å²) in [6, 6.07) is 7.02. The molecule has 0 spiro atoms. The highest BCUT2D eigenvalue weighted by molar-refractivity contribution is 5.89. The van der Waals surface area contributed by atoms with Gasteiger partial charge in [0.25, 0.3) is 0 Å². The number of esters is 2. The Balaban J connectivity index is 1.51. The summed E-state index contributed by atoms with van der Waals surface area (Å²) < 4.78 is 10.0. The molecule has 1 aliphatic heterocycles. The van der Waals surface area contributed by atoms with Crippen LogP contribution >= 0.6 is 0 Å². The van der Waals surface area contributed by atoms with Crippen molar-refractivity contribution in [3.05, 3.63) is 35.4 Å². The number of amides is 1. The van der Waals surface area contributed by atoms with Crippen LogP contribution < -0.4 is 0 Å². The highest BCUT2D eigenvalue weighted by Crippen LogP contribution is 2.30. The molecule has 2 fully saturated rings. The molecule has 1 aliphatic carbocycles. The van der Waals surface area contributed by atoms with Crippen LogP contribution in [0.25, 0.3) is 0 Å². The number of methoxy groups -OCH3 is 1. The van der Waals surface area contributed by atoms with Gasteiger partial charge in [-0.1, -0.05) is 25.0 Å². The van der Waals surface area contributed by atoms with Crippen molar-refractivity contribution in [2.45, 2.75) is 44.8 Å². The SMILES string of the molecule is COC(=O)c1ccc(COC(=O)[C@@H]2CC(=O)N(C3CCCC3)C2)cc1. The first-order valence-corrected chi connectivity index (χ1v) is 8.72. The standard InChI is InChI=1S/C19H23NO5/c1-24-18(22)14-8-6-13(7-9-14)12-25-19(23)15-10-17(21)20(11-15)16-4-2-3-5-16/h6-9,15-16H,2-5,10-12H2,1H3/t15-/m1/s1. The van der Waals surface area contributed by atoms with Crippen LogP contribution in [0.3, 0.4) is 0 Å². The Morgan fingerprint density at radius 1 is 1.16 bits per heavy atom. The van der Waals surface area contributed by atoms with Gasteiger partial charge in [0.05, 0.1) is 18.6 Å². The van der Waals surface area contributed by atoms with Gasteiger partial charge in [0.15, 0.2) is 0 Å². The molecule has 6 nitrogen and oxygen atoms in total. The maximum Gasteiger partial charge on any atom is 0.337 e. The molecule has 0 bridgehead atoms. The van der Waals surface area contributed by atoms with E-state index in [1.54, 1.807) is 24.3 Å². The number of hydrogen-bond donors (Lipinski definition) is 0. The van der Waals surface area contributed by atoms with Crippen molar-refractivity contribution in [1.29, 1.82) is 0 Å². The molecule has 2 aliphatic rings. The Labute approximate surface area is 147 Å². The zero-order valence-corrected chi connectivity index (χ0v) is 14.4. The molecular weight excluding hydrogens is 322 g/mol. The van der Waals surface area contributed by atoms with E-state index in [-0.39, 0.29) is 30.8 Å². The van der Waals surface area contributed by atoms with Crippen molar-refractivity contribution < 1.29 is 23.9 Å². The van der Waals surface area contributed by atoms with E-state index in [1.807, 2.05) is 4.90 Å². The maximum atomic E-state index is 12.3. The molecule has 1 amide bonds. The molecule has 1 saturated heterocycles. The summed E-state index contributed by atoms with van der Waals surface area (Å²) >= 11 is 0. The zero-order chi connectivity index (χ0) is 17.8. The summed E-state index contributed by atoms with van der Waals surface area (Å²) in [5, 5.41) is 0. The van der Waals surface area contributed by atoms with Crippen molar-refractivity contribution in [3.8, 4) is 0 Å². The summed E-state index contributed by atoms with van der Waals surface area (Å²) in [5.41, 5.74) is 1.24. The van der Waals surface area contributed by atoms with E-state index in [0.29, 0.717) is 18.2 Å². The molecule has 1 aromatic rings. The first-order chi connectivity index (χ1) is 12.1. The second-order valence-corrected chi connectivity index (χ2v) is 6.68. The highest BCUT2D eigenvalue weighted by atomic mass is 16.5. The number of ether oxygens (including phenoxy) is 2. The topological polar surface area (TPSA) is 72.9 Å².